The monoisotopic (exact) mass is 560 g/mol. The Morgan fingerprint density at radius 3 is 2.56 bits per heavy atom. The number of carbonyl (C=O) groups is 2. The van der Waals surface area contributed by atoms with Gasteiger partial charge in [-0.3, -0.25) is 9.69 Å². The van der Waals surface area contributed by atoms with Gasteiger partial charge in [-0.05, 0) is 66.4 Å². The highest BCUT2D eigenvalue weighted by Crippen LogP contribution is 2.36. The van der Waals surface area contributed by atoms with E-state index in [1.807, 2.05) is 0 Å². The summed E-state index contributed by atoms with van der Waals surface area (Å²) in [6.45, 7) is 0.206. The molecule has 1 aliphatic heterocycles. The number of ether oxygens (including phenoxy) is 2. The predicted octanol–water partition coefficient (Wildman–Crippen LogP) is 7.25. The second kappa shape index (κ2) is 11.4. The van der Waals surface area contributed by atoms with Crippen LogP contribution in [-0.2, 0) is 16.1 Å². The highest BCUT2D eigenvalue weighted by atomic mass is 35.5. The summed E-state index contributed by atoms with van der Waals surface area (Å²) in [5.41, 5.74) is 2.29. The van der Waals surface area contributed by atoms with Crippen LogP contribution in [0.15, 0.2) is 70.6 Å². The Bertz CT molecular complexity index is 1410. The molecule has 0 aromatic heterocycles. The van der Waals surface area contributed by atoms with Crippen LogP contribution < -0.4 is 4.74 Å². The van der Waals surface area contributed by atoms with Crippen LogP contribution in [0.4, 0.5) is 5.69 Å². The lowest BCUT2D eigenvalue weighted by molar-refractivity contribution is -0.121. The fourth-order valence-corrected chi connectivity index (χ4v) is 4.90. The van der Waals surface area contributed by atoms with Gasteiger partial charge in [-0.25, -0.2) is 9.79 Å². The number of amidine groups is 1. The van der Waals surface area contributed by atoms with E-state index in [1.165, 1.54) is 23.8 Å². The number of rotatable bonds is 6. The first-order valence-electron chi connectivity index (χ1n) is 10.6. The fourth-order valence-electron chi connectivity index (χ4n) is 3.28. The molecule has 0 aliphatic carbocycles. The van der Waals surface area contributed by atoms with E-state index in [0.29, 0.717) is 47.7 Å². The van der Waals surface area contributed by atoms with Gasteiger partial charge in [0.1, 0.15) is 12.4 Å². The van der Waals surface area contributed by atoms with Crippen molar-refractivity contribution in [1.29, 1.82) is 0 Å². The van der Waals surface area contributed by atoms with Gasteiger partial charge in [0.25, 0.3) is 5.91 Å². The molecule has 3 aromatic rings. The lowest BCUT2D eigenvalue weighted by atomic mass is 10.1. The lowest BCUT2D eigenvalue weighted by Crippen LogP contribution is -2.23. The van der Waals surface area contributed by atoms with Crippen molar-refractivity contribution < 1.29 is 19.1 Å². The van der Waals surface area contributed by atoms with E-state index in [0.717, 1.165) is 5.56 Å². The molecule has 184 valence electrons. The summed E-state index contributed by atoms with van der Waals surface area (Å²) in [7, 11) is 2.95. The van der Waals surface area contributed by atoms with Crippen LogP contribution in [-0.4, -0.2) is 36.1 Å². The van der Waals surface area contributed by atoms with E-state index in [1.54, 1.807) is 73.8 Å². The van der Waals surface area contributed by atoms with Gasteiger partial charge in [0.15, 0.2) is 5.17 Å². The molecule has 0 spiro atoms. The number of thioether (sulfide) groups is 1. The summed E-state index contributed by atoms with van der Waals surface area (Å²) in [5.74, 6) is -0.158. The van der Waals surface area contributed by atoms with Crippen LogP contribution in [0.25, 0.3) is 6.08 Å². The van der Waals surface area contributed by atoms with Crippen molar-refractivity contribution in [3.8, 4) is 5.75 Å². The van der Waals surface area contributed by atoms with Gasteiger partial charge in [0.05, 0.1) is 23.3 Å². The van der Waals surface area contributed by atoms with Gasteiger partial charge < -0.3 is 9.47 Å². The Balaban J connectivity index is 1.59. The summed E-state index contributed by atoms with van der Waals surface area (Å²) < 4.78 is 10.8. The van der Waals surface area contributed by atoms with Gasteiger partial charge in [-0.1, -0.05) is 46.9 Å². The molecule has 1 aliphatic rings. The largest absolute Gasteiger partial charge is 0.488 e. The molecule has 0 radical (unpaired) electrons. The van der Waals surface area contributed by atoms with E-state index in [9.17, 15) is 9.59 Å². The second-order valence-electron chi connectivity index (χ2n) is 7.62. The molecule has 1 heterocycles. The Hall–Kier alpha value is -2.97. The second-order valence-corrected chi connectivity index (χ2v) is 9.91. The third-order valence-electron chi connectivity index (χ3n) is 5.15. The molecular formula is C26H19Cl3N2O4S. The van der Waals surface area contributed by atoms with E-state index in [4.69, 9.17) is 44.3 Å². The zero-order valence-corrected chi connectivity index (χ0v) is 22.2. The van der Waals surface area contributed by atoms with Crippen LogP contribution in [0.5, 0.6) is 5.75 Å². The van der Waals surface area contributed by atoms with Crippen LogP contribution in [0.3, 0.4) is 0 Å². The number of amides is 1. The Morgan fingerprint density at radius 1 is 1.06 bits per heavy atom. The maximum Gasteiger partial charge on any atom is 0.337 e. The maximum atomic E-state index is 13.0. The van der Waals surface area contributed by atoms with Gasteiger partial charge in [-0.15, -0.1) is 0 Å². The number of nitrogens with zero attached hydrogens (tertiary/aromatic N) is 2. The third-order valence-corrected chi connectivity index (χ3v) is 7.03. The minimum absolute atomic E-state index is 0.206. The van der Waals surface area contributed by atoms with E-state index >= 15 is 0 Å². The molecule has 0 saturated carbocycles. The number of carbonyl (C=O) groups excluding carboxylic acids is 2. The molecule has 0 N–H and O–H groups in total. The van der Waals surface area contributed by atoms with Crippen molar-refractivity contribution in [2.75, 3.05) is 14.2 Å². The summed E-state index contributed by atoms with van der Waals surface area (Å²) in [6.07, 6.45) is 1.71. The number of benzene rings is 3. The van der Waals surface area contributed by atoms with Gasteiger partial charge >= 0.3 is 5.97 Å². The minimum atomic E-state index is -0.463. The van der Waals surface area contributed by atoms with E-state index in [-0.39, 0.29) is 12.5 Å². The lowest BCUT2D eigenvalue weighted by Gasteiger charge is -2.11. The summed E-state index contributed by atoms with van der Waals surface area (Å²) in [5, 5.41) is 1.99. The summed E-state index contributed by atoms with van der Waals surface area (Å²) in [4.78, 5) is 31.2. The summed E-state index contributed by atoms with van der Waals surface area (Å²) >= 11 is 19.7. The van der Waals surface area contributed by atoms with Crippen molar-refractivity contribution in [3.05, 3.63) is 97.3 Å². The highest BCUT2D eigenvalue weighted by Gasteiger charge is 2.30. The molecule has 1 fully saturated rings. The zero-order valence-electron chi connectivity index (χ0n) is 19.1. The first kappa shape index (κ1) is 26.1. The van der Waals surface area contributed by atoms with Crippen molar-refractivity contribution >= 4 is 75.4 Å². The van der Waals surface area contributed by atoms with E-state index in [2.05, 4.69) is 4.99 Å². The van der Waals surface area contributed by atoms with Crippen molar-refractivity contribution in [3.63, 3.8) is 0 Å². The van der Waals surface area contributed by atoms with Crippen LogP contribution in [0, 0.1) is 0 Å². The minimum Gasteiger partial charge on any atom is -0.488 e. The summed E-state index contributed by atoms with van der Waals surface area (Å²) in [6, 6.07) is 17.0. The maximum absolute atomic E-state index is 13.0. The third kappa shape index (κ3) is 6.05. The smallest absolute Gasteiger partial charge is 0.337 e. The zero-order chi connectivity index (χ0) is 25.8. The van der Waals surface area contributed by atoms with Crippen LogP contribution in [0.1, 0.15) is 21.5 Å². The average Bonchev–Trinajstić information content (AvgIpc) is 3.11. The molecule has 6 nitrogen and oxygen atoms in total. The van der Waals surface area contributed by atoms with Crippen LogP contribution in [0.2, 0.25) is 15.1 Å². The van der Waals surface area contributed by atoms with Crippen molar-refractivity contribution in [1.82, 2.24) is 4.90 Å². The molecule has 3 aromatic carbocycles. The molecule has 1 saturated heterocycles. The molecule has 4 rings (SSSR count). The predicted molar refractivity (Wildman–Crippen MR) is 145 cm³/mol. The number of esters is 1. The first-order chi connectivity index (χ1) is 17.2. The quantitative estimate of drug-likeness (QED) is 0.234. The van der Waals surface area contributed by atoms with Crippen molar-refractivity contribution in [2.24, 2.45) is 4.99 Å². The number of likely N-dealkylation sites (N-methyl/N-ethyl adjacent to an activating group) is 1. The van der Waals surface area contributed by atoms with Gasteiger partial charge in [0.2, 0.25) is 0 Å². The molecule has 1 amide bonds. The van der Waals surface area contributed by atoms with Crippen LogP contribution >= 0.6 is 46.6 Å². The van der Waals surface area contributed by atoms with Gasteiger partial charge in [-0.2, -0.15) is 0 Å². The Morgan fingerprint density at radius 2 is 1.81 bits per heavy atom. The van der Waals surface area contributed by atoms with Gasteiger partial charge in [0, 0.05) is 33.2 Å². The molecule has 10 heteroatoms. The fraction of sp³-hybridized carbons (Fsp3) is 0.115. The Kier molecular flexibility index (Phi) is 8.26. The number of aliphatic imine (C=N–C) groups is 1. The Labute approximate surface area is 227 Å². The molecule has 0 bridgehead atoms. The number of hydrogen-bond acceptors (Lipinski definition) is 6. The number of halogens is 3. The van der Waals surface area contributed by atoms with E-state index < -0.39 is 5.97 Å². The van der Waals surface area contributed by atoms with Crippen molar-refractivity contribution in [2.45, 2.75) is 6.61 Å². The average molecular weight is 562 g/mol. The SMILES string of the molecule is COC(=O)c1cccc(N=C2SC(=Cc3cc(Cl)ccc3OCc3ccc(Cl)cc3Cl)C(=O)N2C)c1. The topological polar surface area (TPSA) is 68.2 Å². The number of hydrogen-bond donors (Lipinski definition) is 0. The normalized spacial score (nSPS) is 15.6. The molecule has 0 atom stereocenters. The number of methoxy groups -OCH3 is 1. The molecule has 0 unspecified atom stereocenters. The standard InChI is InChI=1S/C26H19Cl3N2O4S/c1-31-24(32)23(36-26(31)30-20-5-3-4-15(11-20)25(33)34-2)12-17-10-18(27)8-9-22(17)35-14-16-6-7-19(28)13-21(16)29/h3-13H,14H2,1-2H3. The first-order valence-corrected chi connectivity index (χ1v) is 12.5. The molecule has 36 heavy (non-hydrogen) atoms. The highest BCUT2D eigenvalue weighted by molar-refractivity contribution is 8.18. The molecular weight excluding hydrogens is 543 g/mol.